The SMILES string of the molecule is O=S(=O)(NCc1nc2ccccc2[nH]1)c1ccc(Br)cc1. The van der Waals surface area contributed by atoms with E-state index in [2.05, 4.69) is 30.6 Å². The van der Waals surface area contributed by atoms with Gasteiger partial charge in [0.05, 0.1) is 22.5 Å². The number of imidazole rings is 1. The molecule has 2 N–H and O–H groups in total. The van der Waals surface area contributed by atoms with Crippen molar-refractivity contribution in [3.63, 3.8) is 0 Å². The number of benzene rings is 2. The summed E-state index contributed by atoms with van der Waals surface area (Å²) in [6, 6.07) is 14.0. The molecule has 0 bridgehead atoms. The van der Waals surface area contributed by atoms with Gasteiger partial charge in [-0.15, -0.1) is 0 Å². The summed E-state index contributed by atoms with van der Waals surface area (Å²) in [5, 5.41) is 0. The molecule has 0 aliphatic heterocycles. The van der Waals surface area contributed by atoms with Gasteiger partial charge in [0.1, 0.15) is 5.82 Å². The van der Waals surface area contributed by atoms with Crippen molar-refractivity contribution >= 4 is 37.0 Å². The van der Waals surface area contributed by atoms with Gasteiger partial charge in [0, 0.05) is 4.47 Å². The van der Waals surface area contributed by atoms with Crippen LogP contribution < -0.4 is 4.72 Å². The summed E-state index contributed by atoms with van der Waals surface area (Å²) < 4.78 is 27.7. The van der Waals surface area contributed by atoms with Crippen LogP contribution in [-0.2, 0) is 16.6 Å². The van der Waals surface area contributed by atoms with Crippen molar-refractivity contribution < 1.29 is 8.42 Å². The quantitative estimate of drug-likeness (QED) is 0.746. The van der Waals surface area contributed by atoms with Gasteiger partial charge < -0.3 is 4.98 Å². The number of H-pyrrole nitrogens is 1. The topological polar surface area (TPSA) is 74.8 Å². The maximum Gasteiger partial charge on any atom is 0.240 e. The Labute approximate surface area is 130 Å². The first kappa shape index (κ1) is 14.2. The van der Waals surface area contributed by atoms with Crippen molar-refractivity contribution in [1.82, 2.24) is 14.7 Å². The van der Waals surface area contributed by atoms with E-state index >= 15 is 0 Å². The molecule has 0 saturated carbocycles. The highest BCUT2D eigenvalue weighted by Crippen LogP contribution is 2.15. The Morgan fingerprint density at radius 3 is 2.52 bits per heavy atom. The zero-order valence-corrected chi connectivity index (χ0v) is 13.3. The minimum absolute atomic E-state index is 0.118. The highest BCUT2D eigenvalue weighted by molar-refractivity contribution is 9.10. The molecule has 0 unspecified atom stereocenters. The van der Waals surface area contributed by atoms with Gasteiger partial charge in [-0.05, 0) is 36.4 Å². The summed E-state index contributed by atoms with van der Waals surface area (Å²) in [6.45, 7) is 0.118. The average Bonchev–Trinajstić information content (AvgIpc) is 2.89. The van der Waals surface area contributed by atoms with E-state index in [1.807, 2.05) is 24.3 Å². The van der Waals surface area contributed by atoms with Gasteiger partial charge in [-0.1, -0.05) is 28.1 Å². The Hall–Kier alpha value is -1.70. The Morgan fingerprint density at radius 1 is 1.10 bits per heavy atom. The Morgan fingerprint density at radius 2 is 1.81 bits per heavy atom. The number of fused-ring (bicyclic) bond motifs is 1. The van der Waals surface area contributed by atoms with Crippen LogP contribution in [0.2, 0.25) is 0 Å². The highest BCUT2D eigenvalue weighted by Gasteiger charge is 2.14. The molecule has 0 fully saturated rings. The molecule has 3 aromatic rings. The molecule has 108 valence electrons. The maximum absolute atomic E-state index is 12.2. The summed E-state index contributed by atoms with van der Waals surface area (Å²) in [7, 11) is -3.54. The number of aromatic amines is 1. The third-order valence-corrected chi connectivity index (χ3v) is 4.94. The monoisotopic (exact) mass is 365 g/mol. The predicted molar refractivity (Wildman–Crippen MR) is 84.3 cm³/mol. The smallest absolute Gasteiger partial charge is 0.240 e. The molecule has 0 aliphatic carbocycles. The molecule has 7 heteroatoms. The Kier molecular flexibility index (Phi) is 3.79. The van der Waals surface area contributed by atoms with Crippen LogP contribution in [0.15, 0.2) is 57.9 Å². The van der Waals surface area contributed by atoms with Crippen LogP contribution in [-0.4, -0.2) is 18.4 Å². The summed E-state index contributed by atoms with van der Waals surface area (Å²) >= 11 is 3.28. The minimum Gasteiger partial charge on any atom is -0.341 e. The molecule has 0 spiro atoms. The van der Waals surface area contributed by atoms with Gasteiger partial charge in [0.15, 0.2) is 0 Å². The molecule has 0 amide bonds. The molecular weight excluding hydrogens is 354 g/mol. The van der Waals surface area contributed by atoms with E-state index in [9.17, 15) is 8.42 Å². The first-order valence-electron chi connectivity index (χ1n) is 6.23. The fraction of sp³-hybridized carbons (Fsp3) is 0.0714. The molecule has 0 aliphatic rings. The van der Waals surface area contributed by atoms with Gasteiger partial charge in [-0.2, -0.15) is 0 Å². The lowest BCUT2D eigenvalue weighted by Crippen LogP contribution is -2.23. The number of nitrogens with one attached hydrogen (secondary N) is 2. The summed E-state index contributed by atoms with van der Waals surface area (Å²) in [5.41, 5.74) is 1.70. The van der Waals surface area contributed by atoms with E-state index in [1.165, 1.54) is 0 Å². The van der Waals surface area contributed by atoms with Gasteiger partial charge in [0.25, 0.3) is 0 Å². The first-order valence-corrected chi connectivity index (χ1v) is 8.51. The van der Waals surface area contributed by atoms with Crippen LogP contribution in [0.1, 0.15) is 5.82 Å². The van der Waals surface area contributed by atoms with Crippen molar-refractivity contribution in [3.05, 3.63) is 58.8 Å². The lowest BCUT2D eigenvalue weighted by Gasteiger charge is -2.05. The van der Waals surface area contributed by atoms with Crippen LogP contribution in [0.3, 0.4) is 0 Å². The van der Waals surface area contributed by atoms with E-state index in [0.29, 0.717) is 5.82 Å². The van der Waals surface area contributed by atoms with Crippen molar-refractivity contribution in [3.8, 4) is 0 Å². The third kappa shape index (κ3) is 3.15. The normalized spacial score (nSPS) is 11.9. The van der Waals surface area contributed by atoms with Gasteiger partial charge in [-0.25, -0.2) is 18.1 Å². The van der Waals surface area contributed by atoms with Crippen molar-refractivity contribution in [2.45, 2.75) is 11.4 Å². The number of halogens is 1. The molecular formula is C14H12BrN3O2S. The van der Waals surface area contributed by atoms with Crippen molar-refractivity contribution in [1.29, 1.82) is 0 Å². The molecule has 1 aromatic heterocycles. The maximum atomic E-state index is 12.2. The molecule has 0 radical (unpaired) electrons. The molecule has 21 heavy (non-hydrogen) atoms. The van der Waals surface area contributed by atoms with Crippen LogP contribution in [0.5, 0.6) is 0 Å². The van der Waals surface area contributed by atoms with Gasteiger partial charge >= 0.3 is 0 Å². The van der Waals surface area contributed by atoms with Gasteiger partial charge in [0.2, 0.25) is 10.0 Å². The lowest BCUT2D eigenvalue weighted by molar-refractivity contribution is 0.579. The number of aromatic nitrogens is 2. The first-order chi connectivity index (χ1) is 10.0. The predicted octanol–water partition coefficient (Wildman–Crippen LogP) is 2.80. The molecule has 0 atom stereocenters. The average molecular weight is 366 g/mol. The van der Waals surface area contributed by atoms with Crippen LogP contribution in [0.4, 0.5) is 0 Å². The molecule has 5 nitrogen and oxygen atoms in total. The fourth-order valence-electron chi connectivity index (χ4n) is 1.95. The molecule has 2 aromatic carbocycles. The van der Waals surface area contributed by atoms with Crippen LogP contribution in [0.25, 0.3) is 11.0 Å². The van der Waals surface area contributed by atoms with E-state index < -0.39 is 10.0 Å². The molecule has 1 heterocycles. The number of hydrogen-bond donors (Lipinski definition) is 2. The zero-order chi connectivity index (χ0) is 14.9. The second-order valence-electron chi connectivity index (χ2n) is 4.48. The standard InChI is InChI=1S/C14H12BrN3O2S/c15-10-5-7-11(8-6-10)21(19,20)16-9-14-17-12-3-1-2-4-13(12)18-14/h1-8,16H,9H2,(H,17,18). The summed E-state index contributed by atoms with van der Waals surface area (Å²) in [6.07, 6.45) is 0. The van der Waals surface area contributed by atoms with E-state index in [1.54, 1.807) is 24.3 Å². The van der Waals surface area contributed by atoms with Gasteiger partial charge in [-0.3, -0.25) is 0 Å². The number of hydrogen-bond acceptors (Lipinski definition) is 3. The fourth-order valence-corrected chi connectivity index (χ4v) is 3.20. The highest BCUT2D eigenvalue weighted by atomic mass is 79.9. The Bertz CT molecular complexity index is 840. The van der Waals surface area contributed by atoms with Crippen LogP contribution >= 0.6 is 15.9 Å². The molecule has 0 saturated heterocycles. The lowest BCUT2D eigenvalue weighted by atomic mass is 10.3. The number of rotatable bonds is 4. The third-order valence-electron chi connectivity index (χ3n) is 2.99. The molecule has 3 rings (SSSR count). The number of para-hydroxylation sites is 2. The van der Waals surface area contributed by atoms with Crippen molar-refractivity contribution in [2.75, 3.05) is 0 Å². The van der Waals surface area contributed by atoms with Crippen LogP contribution in [0, 0.1) is 0 Å². The number of nitrogens with zero attached hydrogens (tertiary/aromatic N) is 1. The minimum atomic E-state index is -3.54. The van der Waals surface area contributed by atoms with E-state index in [0.717, 1.165) is 15.5 Å². The summed E-state index contributed by atoms with van der Waals surface area (Å²) in [5.74, 6) is 0.580. The van der Waals surface area contributed by atoms with E-state index in [-0.39, 0.29) is 11.4 Å². The van der Waals surface area contributed by atoms with Crippen molar-refractivity contribution in [2.24, 2.45) is 0 Å². The van der Waals surface area contributed by atoms with E-state index in [4.69, 9.17) is 0 Å². The zero-order valence-electron chi connectivity index (χ0n) is 10.9. The Balaban J connectivity index is 1.78. The second kappa shape index (κ2) is 5.59. The largest absolute Gasteiger partial charge is 0.341 e. The summed E-state index contributed by atoms with van der Waals surface area (Å²) in [4.78, 5) is 7.64. The second-order valence-corrected chi connectivity index (χ2v) is 7.16. The number of sulfonamides is 1.